The Balaban J connectivity index is 1.08. The molecule has 5 unspecified atom stereocenters. The normalized spacial score (nSPS) is 30.4. The number of aliphatic imine (C=N–C) groups is 1. The van der Waals surface area contributed by atoms with Gasteiger partial charge in [0.15, 0.2) is 17.5 Å². The molecule has 1 aromatic carbocycles. The molecule has 1 aromatic rings. The summed E-state index contributed by atoms with van der Waals surface area (Å²) in [7, 11) is 0. The third kappa shape index (κ3) is 9.55. The molecular weight excluding hydrogens is 608 g/mol. The van der Waals surface area contributed by atoms with E-state index in [0.717, 1.165) is 64.1 Å². The first kappa shape index (κ1) is 35.2. The van der Waals surface area contributed by atoms with Crippen LogP contribution in [0.1, 0.15) is 83.1 Å². The standard InChI is InChI=1S/C37H60N6O5/c1-26(44)47-33(8-4-27-5-9-34(46)35(17-27)48-32-10-14-39-15-11-32)18-31(45)7-6-30-19-40-36(38)41-25-43-22-28-16-29(23-43)21-42(20-28)24-37(30)12-2-3-13-37/h5,9,17,28-33,39,45-46H,2-4,6-8,10-16,18-25H2,1H3,(H3,38,40,41). The summed E-state index contributed by atoms with van der Waals surface area (Å²) in [5.41, 5.74) is 7.62. The fourth-order valence-corrected chi connectivity index (χ4v) is 9.55. The number of nitrogens with two attached hydrogens (primary N) is 1. The van der Waals surface area contributed by atoms with Crippen LogP contribution >= 0.6 is 0 Å². The van der Waals surface area contributed by atoms with Gasteiger partial charge in [-0.2, -0.15) is 0 Å². The van der Waals surface area contributed by atoms with E-state index in [1.165, 1.54) is 52.1 Å². The molecule has 6 N–H and O–H groups in total. The number of piperidine rings is 3. The topological polar surface area (TPSA) is 145 Å². The van der Waals surface area contributed by atoms with Gasteiger partial charge in [-0.25, -0.2) is 4.99 Å². The smallest absolute Gasteiger partial charge is 0.302 e. The quantitative estimate of drug-likeness (QED) is 0.223. The van der Waals surface area contributed by atoms with Crippen molar-refractivity contribution in [3.8, 4) is 11.5 Å². The molecule has 3 saturated heterocycles. The molecule has 0 amide bonds. The van der Waals surface area contributed by atoms with Crippen molar-refractivity contribution in [1.82, 2.24) is 20.4 Å². The van der Waals surface area contributed by atoms with E-state index >= 15 is 0 Å². The average molecular weight is 669 g/mol. The Morgan fingerprint density at radius 2 is 1.83 bits per heavy atom. The van der Waals surface area contributed by atoms with Gasteiger partial charge >= 0.3 is 5.97 Å². The third-order valence-electron chi connectivity index (χ3n) is 11.8. The highest BCUT2D eigenvalue weighted by Gasteiger charge is 2.44. The Kier molecular flexibility index (Phi) is 12.0. The van der Waals surface area contributed by atoms with Crippen LogP contribution in [0.5, 0.6) is 11.5 Å². The first-order chi connectivity index (χ1) is 23.2. The van der Waals surface area contributed by atoms with Gasteiger partial charge in [-0.1, -0.05) is 18.9 Å². The van der Waals surface area contributed by atoms with Gasteiger partial charge in [0.2, 0.25) is 0 Å². The molecule has 6 aliphatic rings. The fraction of sp³-hybridized carbons (Fsp3) is 0.784. The zero-order chi connectivity index (χ0) is 33.5. The van der Waals surface area contributed by atoms with Gasteiger partial charge in [-0.05, 0) is 112 Å². The van der Waals surface area contributed by atoms with Gasteiger partial charge in [0.05, 0.1) is 12.8 Å². The number of aliphatic hydroxyl groups excluding tert-OH is 1. The molecule has 1 saturated carbocycles. The van der Waals surface area contributed by atoms with E-state index < -0.39 is 12.2 Å². The lowest BCUT2D eigenvalue weighted by Crippen LogP contribution is -2.55. The predicted molar refractivity (Wildman–Crippen MR) is 187 cm³/mol. The summed E-state index contributed by atoms with van der Waals surface area (Å²) in [5.74, 6) is 2.61. The van der Waals surface area contributed by atoms with Gasteiger partial charge in [0, 0.05) is 52.6 Å². The number of benzene rings is 1. The van der Waals surface area contributed by atoms with Crippen LogP contribution in [0.3, 0.4) is 0 Å². The van der Waals surface area contributed by atoms with Gasteiger partial charge < -0.3 is 41.0 Å². The van der Waals surface area contributed by atoms with Crippen LogP contribution < -0.4 is 21.1 Å². The summed E-state index contributed by atoms with van der Waals surface area (Å²) in [5, 5.41) is 28.7. The average Bonchev–Trinajstić information content (AvgIpc) is 3.52. The first-order valence-corrected chi connectivity index (χ1v) is 18.8. The minimum absolute atomic E-state index is 0.0871. The molecular formula is C37H60N6O5. The summed E-state index contributed by atoms with van der Waals surface area (Å²) in [6.07, 6.45) is 10.4. The molecule has 0 aromatic heterocycles. The molecule has 1 spiro atoms. The molecule has 5 heterocycles. The zero-order valence-corrected chi connectivity index (χ0v) is 29.1. The number of esters is 1. The highest BCUT2D eigenvalue weighted by atomic mass is 16.5. The number of ether oxygens (including phenoxy) is 2. The second-order valence-corrected chi connectivity index (χ2v) is 15.6. The summed E-state index contributed by atoms with van der Waals surface area (Å²) in [6.45, 7) is 10.4. The van der Waals surface area contributed by atoms with Gasteiger partial charge in [0.25, 0.3) is 0 Å². The molecule has 5 atom stereocenters. The lowest BCUT2D eigenvalue weighted by atomic mass is 9.70. The number of aliphatic hydroxyl groups is 1. The van der Waals surface area contributed by atoms with Crippen LogP contribution in [0.15, 0.2) is 23.2 Å². The number of nitrogens with one attached hydrogen (secondary N) is 2. The SMILES string of the molecule is CC(=O)OC(CCc1ccc(O)c(OC2CCNCC2)c1)CC(O)CCC1CNC(N)=NCN2CC3CC(C2)CN(C3)CC12CCCC2. The summed E-state index contributed by atoms with van der Waals surface area (Å²) in [6, 6.07) is 5.48. The number of carbonyl (C=O) groups is 1. The van der Waals surface area contributed by atoms with Gasteiger partial charge in [-0.3, -0.25) is 9.69 Å². The van der Waals surface area contributed by atoms with Crippen molar-refractivity contribution in [2.45, 2.75) is 102 Å². The lowest BCUT2D eigenvalue weighted by Gasteiger charge is -2.49. The number of phenols is 1. The Hall–Kier alpha value is -2.60. The number of fused-ring (bicyclic) bond motifs is 4. The Morgan fingerprint density at radius 3 is 2.56 bits per heavy atom. The maximum absolute atomic E-state index is 12.1. The van der Waals surface area contributed by atoms with E-state index in [2.05, 4.69) is 20.4 Å². The number of aromatic hydroxyl groups is 1. The number of rotatable bonds is 11. The Labute approximate surface area is 287 Å². The van der Waals surface area contributed by atoms with Gasteiger partial charge in [-0.15, -0.1) is 0 Å². The van der Waals surface area contributed by atoms with Crippen molar-refractivity contribution in [1.29, 1.82) is 0 Å². The van der Waals surface area contributed by atoms with Gasteiger partial charge in [0.1, 0.15) is 12.2 Å². The minimum atomic E-state index is -0.582. The monoisotopic (exact) mass is 668 g/mol. The van der Waals surface area contributed by atoms with Crippen molar-refractivity contribution in [3.63, 3.8) is 0 Å². The Bertz CT molecular complexity index is 1220. The van der Waals surface area contributed by atoms with Crippen LogP contribution in [-0.2, 0) is 16.0 Å². The van der Waals surface area contributed by atoms with E-state index in [1.807, 2.05) is 12.1 Å². The van der Waals surface area contributed by atoms with Crippen molar-refractivity contribution < 1.29 is 24.5 Å². The number of hydrogen-bond acceptors (Lipinski definition) is 11. The van der Waals surface area contributed by atoms with Crippen molar-refractivity contribution in [2.75, 3.05) is 59.0 Å². The predicted octanol–water partition coefficient (Wildman–Crippen LogP) is 3.22. The fourth-order valence-electron chi connectivity index (χ4n) is 9.55. The summed E-state index contributed by atoms with van der Waals surface area (Å²) < 4.78 is 11.9. The van der Waals surface area contributed by atoms with Crippen molar-refractivity contribution in [2.24, 2.45) is 33.9 Å². The molecule has 268 valence electrons. The van der Waals surface area contributed by atoms with Crippen LogP contribution in [-0.4, -0.2) is 109 Å². The number of guanidine groups is 1. The largest absolute Gasteiger partial charge is 0.504 e. The van der Waals surface area contributed by atoms with E-state index in [0.29, 0.717) is 61.8 Å². The molecule has 11 nitrogen and oxygen atoms in total. The highest BCUT2D eigenvalue weighted by molar-refractivity contribution is 5.77. The van der Waals surface area contributed by atoms with Crippen LogP contribution in [0.4, 0.5) is 0 Å². The molecule has 4 bridgehead atoms. The Morgan fingerprint density at radius 1 is 1.10 bits per heavy atom. The number of aryl methyl sites for hydroxylation is 1. The second-order valence-electron chi connectivity index (χ2n) is 15.6. The maximum Gasteiger partial charge on any atom is 0.302 e. The van der Waals surface area contributed by atoms with E-state index in [9.17, 15) is 15.0 Å². The van der Waals surface area contributed by atoms with E-state index in [4.69, 9.17) is 20.2 Å². The van der Waals surface area contributed by atoms with Crippen molar-refractivity contribution in [3.05, 3.63) is 23.8 Å². The van der Waals surface area contributed by atoms with Crippen LogP contribution in [0, 0.1) is 23.2 Å². The third-order valence-corrected chi connectivity index (χ3v) is 11.8. The number of hydrogen-bond donors (Lipinski definition) is 5. The van der Waals surface area contributed by atoms with E-state index in [1.54, 1.807) is 6.07 Å². The molecule has 48 heavy (non-hydrogen) atoms. The lowest BCUT2D eigenvalue weighted by molar-refractivity contribution is -0.148. The molecule has 0 radical (unpaired) electrons. The summed E-state index contributed by atoms with van der Waals surface area (Å²) in [4.78, 5) is 22.1. The minimum Gasteiger partial charge on any atom is -0.504 e. The van der Waals surface area contributed by atoms with E-state index in [-0.39, 0.29) is 23.2 Å². The number of phenolic OH excluding ortho intramolecular Hbond substituents is 1. The second kappa shape index (κ2) is 16.4. The number of nitrogens with zero attached hydrogens (tertiary/aromatic N) is 3. The molecule has 5 aliphatic heterocycles. The molecule has 1 aliphatic carbocycles. The van der Waals surface area contributed by atoms with Crippen LogP contribution in [0.25, 0.3) is 0 Å². The van der Waals surface area contributed by atoms with Crippen LogP contribution in [0.2, 0.25) is 0 Å². The van der Waals surface area contributed by atoms with Crippen molar-refractivity contribution >= 4 is 11.9 Å². The summed E-state index contributed by atoms with van der Waals surface area (Å²) >= 11 is 0. The zero-order valence-electron chi connectivity index (χ0n) is 29.1. The molecule has 4 fully saturated rings. The molecule has 7 rings (SSSR count). The maximum atomic E-state index is 12.1. The highest BCUT2D eigenvalue weighted by Crippen LogP contribution is 2.48. The number of carbonyl (C=O) groups excluding carboxylic acids is 1. The first-order valence-electron chi connectivity index (χ1n) is 18.8. The molecule has 11 heteroatoms.